The van der Waals surface area contributed by atoms with Crippen molar-refractivity contribution in [3.63, 3.8) is 0 Å². The van der Waals surface area contributed by atoms with Crippen molar-refractivity contribution in [3.8, 4) is 11.5 Å². The van der Waals surface area contributed by atoms with E-state index < -0.39 is 11.0 Å². The van der Waals surface area contributed by atoms with Crippen LogP contribution in [0.15, 0.2) is 49.1 Å². The van der Waals surface area contributed by atoms with Crippen molar-refractivity contribution in [2.24, 2.45) is 7.05 Å². The van der Waals surface area contributed by atoms with Gasteiger partial charge in [0, 0.05) is 63.2 Å². The molecule has 3 aliphatic heterocycles. The van der Waals surface area contributed by atoms with Gasteiger partial charge in [0.15, 0.2) is 5.69 Å². The average molecular weight is 947 g/mol. The van der Waals surface area contributed by atoms with E-state index in [0.717, 1.165) is 18.8 Å². The fraction of sp³-hybridized carbons (Fsp3) is 0.436. The maximum Gasteiger partial charge on any atom is 0.390 e. The van der Waals surface area contributed by atoms with Gasteiger partial charge in [-0.15, -0.1) is 0 Å². The smallest absolute Gasteiger partial charge is 0.390 e. The van der Waals surface area contributed by atoms with E-state index in [1.54, 1.807) is 46.0 Å². The minimum Gasteiger partial charge on any atom is -1.00 e. The lowest BCUT2D eigenvalue weighted by atomic mass is 10.0. The average Bonchev–Trinajstić information content (AvgIpc) is 3.60. The molecule has 0 aliphatic carbocycles. The lowest BCUT2D eigenvalue weighted by molar-refractivity contribution is -0.898. The van der Waals surface area contributed by atoms with E-state index in [0.29, 0.717) is 79.6 Å². The molecule has 3 amide bonds. The summed E-state index contributed by atoms with van der Waals surface area (Å²) >= 11 is 13.7. The fourth-order valence-corrected chi connectivity index (χ4v) is 8.27. The molecule has 0 unspecified atom stereocenters. The number of nitro groups is 1. The van der Waals surface area contributed by atoms with Crippen molar-refractivity contribution in [1.82, 2.24) is 29.4 Å². The summed E-state index contributed by atoms with van der Waals surface area (Å²) in [5.74, 6) is 1.41. The van der Waals surface area contributed by atoms with Gasteiger partial charge in [-0.05, 0) is 41.0 Å². The number of morpholine rings is 1. The van der Waals surface area contributed by atoms with Crippen molar-refractivity contribution < 1.29 is 50.2 Å². The number of likely N-dealkylation sites (N-methyl/N-ethyl adjacent to an activating group) is 1. The molecule has 0 radical (unpaired) electrons. The number of likely N-dealkylation sites (tertiary alicyclic amines) is 1. The summed E-state index contributed by atoms with van der Waals surface area (Å²) in [7, 11) is 8.51. The number of aryl methyl sites for hydroxylation is 1. The van der Waals surface area contributed by atoms with Crippen LogP contribution in [0, 0.1) is 10.1 Å². The number of pyridine rings is 1. The van der Waals surface area contributed by atoms with E-state index in [1.807, 2.05) is 26.2 Å². The number of fused-ring (bicyclic) bond motifs is 1. The van der Waals surface area contributed by atoms with Crippen molar-refractivity contribution in [2.75, 3.05) is 94.3 Å². The third-order valence-electron chi connectivity index (χ3n) is 10.8. The number of urea groups is 1. The molecule has 1 aromatic carbocycles. The van der Waals surface area contributed by atoms with E-state index in [1.165, 1.54) is 31.5 Å². The number of hydrogen-bond acceptors (Lipinski definition) is 13. The van der Waals surface area contributed by atoms with Gasteiger partial charge in [0.25, 0.3) is 0 Å². The predicted octanol–water partition coefficient (Wildman–Crippen LogP) is 2.19. The van der Waals surface area contributed by atoms with Crippen LogP contribution in [-0.4, -0.2) is 131 Å². The normalized spacial score (nSPS) is 16.1. The number of halogens is 3. The van der Waals surface area contributed by atoms with Crippen LogP contribution in [0.5, 0.6) is 11.5 Å². The first-order chi connectivity index (χ1) is 28.8. The Morgan fingerprint density at radius 3 is 2.36 bits per heavy atom. The molecule has 22 heteroatoms. The molecule has 4 aromatic rings. The first-order valence-corrected chi connectivity index (χ1v) is 20.1. The highest BCUT2D eigenvalue weighted by Crippen LogP contribution is 2.48. The van der Waals surface area contributed by atoms with Crippen LogP contribution in [0.25, 0.3) is 0 Å². The van der Waals surface area contributed by atoms with Gasteiger partial charge in [-0.1, -0.05) is 23.2 Å². The molecule has 326 valence electrons. The summed E-state index contributed by atoms with van der Waals surface area (Å²) in [4.78, 5) is 64.3. The molecule has 19 nitrogen and oxygen atoms in total. The van der Waals surface area contributed by atoms with Crippen LogP contribution < -0.4 is 46.5 Å². The molecular formula is C39H47BrCl2N12O7. The number of amides is 3. The summed E-state index contributed by atoms with van der Waals surface area (Å²) in [6.45, 7) is 4.48. The third kappa shape index (κ3) is 9.78. The summed E-state index contributed by atoms with van der Waals surface area (Å²) in [6, 6.07) is 4.61. The van der Waals surface area contributed by atoms with E-state index in [9.17, 15) is 19.7 Å². The number of carbonyl (C=O) groups is 2. The summed E-state index contributed by atoms with van der Waals surface area (Å²) in [5, 5.41) is 15.0. The highest BCUT2D eigenvalue weighted by molar-refractivity contribution is 6.42. The number of nitrogens with one attached hydrogen (secondary N) is 1. The number of rotatable bonds is 13. The molecule has 0 bridgehead atoms. The second kappa shape index (κ2) is 19.2. The number of ether oxygens (including phenoxy) is 3. The largest absolute Gasteiger partial charge is 1.00 e. The number of benzene rings is 1. The molecule has 6 heterocycles. The summed E-state index contributed by atoms with van der Waals surface area (Å²) < 4.78 is 18.5. The first kappa shape index (κ1) is 45.3. The lowest BCUT2D eigenvalue weighted by Crippen LogP contribution is -3.00. The number of piperidine rings is 1. The van der Waals surface area contributed by atoms with Gasteiger partial charge < -0.3 is 65.5 Å². The molecule has 1 N–H and O–H groups in total. The van der Waals surface area contributed by atoms with Gasteiger partial charge in [-0.25, -0.2) is 14.8 Å². The van der Waals surface area contributed by atoms with Gasteiger partial charge in [-0.3, -0.25) is 14.6 Å². The van der Waals surface area contributed by atoms with Crippen LogP contribution in [0.2, 0.25) is 10.0 Å². The molecule has 2 saturated heterocycles. The van der Waals surface area contributed by atoms with E-state index in [-0.39, 0.29) is 74.5 Å². The van der Waals surface area contributed by atoms with Crippen molar-refractivity contribution in [3.05, 3.63) is 80.5 Å². The van der Waals surface area contributed by atoms with Crippen LogP contribution in [0.4, 0.5) is 39.6 Å². The highest BCUT2D eigenvalue weighted by atomic mass is 79.9. The molecule has 3 aromatic heterocycles. The number of quaternary nitrogens is 1. The Kier molecular flexibility index (Phi) is 14.2. The maximum absolute atomic E-state index is 14.8. The molecule has 0 saturated carbocycles. The van der Waals surface area contributed by atoms with Crippen molar-refractivity contribution >= 4 is 69.9 Å². The minimum absolute atomic E-state index is 0. The SMILES string of the molecule is COc1cc(OC)c(Cl)c(N2Cc3cnc(Nc4ccc(N5CCOCC5)cn4)nc3N(C3CCN(C(=O)/C=C/C[N+](C)(C)Cc4c([N+](=O)[O-])ncn4C)CC3)C2=O)c1Cl.[Br-]. The van der Waals surface area contributed by atoms with Gasteiger partial charge in [-0.2, -0.15) is 4.98 Å². The number of nitrogens with zero attached hydrogens (tertiary/aromatic N) is 11. The van der Waals surface area contributed by atoms with Gasteiger partial charge >= 0.3 is 11.8 Å². The van der Waals surface area contributed by atoms with Crippen molar-refractivity contribution in [1.29, 1.82) is 0 Å². The number of hydrogen-bond donors (Lipinski definition) is 1. The standard InChI is InChI=1S/C39H47Cl2N12O7.BrH/c1-47-24-44-37(52(56)57)28(47)23-53(2,3)16-6-7-32(54)49-12-10-26(11-13-49)51-36-25(22-50(39(51)55)35-33(40)29(58-4)19-30(59-5)34(35)41)20-43-38(46-36)45-31-9-8-27(21-42-31)48-14-17-60-18-15-48;/h6-9,19-21,24,26H,10-18,22-23H2,1-5H3,(H,42,43,45,46);1H/q+1;/p-1/b7-6+;. The maximum atomic E-state index is 14.8. The summed E-state index contributed by atoms with van der Waals surface area (Å²) in [5.41, 5.74) is 2.34. The van der Waals surface area contributed by atoms with Crippen LogP contribution in [0.1, 0.15) is 24.1 Å². The van der Waals surface area contributed by atoms with Gasteiger partial charge in [0.05, 0.1) is 72.2 Å². The van der Waals surface area contributed by atoms with Crippen LogP contribution >= 0.6 is 23.2 Å². The second-order valence-corrected chi connectivity index (χ2v) is 16.0. The zero-order chi connectivity index (χ0) is 42.7. The molecule has 61 heavy (non-hydrogen) atoms. The second-order valence-electron chi connectivity index (χ2n) is 15.3. The Bertz CT molecular complexity index is 2250. The Balaban J connectivity index is 0.00000622. The number of anilines is 5. The molecular weight excluding hydrogens is 899 g/mol. The van der Waals surface area contributed by atoms with Crippen LogP contribution in [-0.2, 0) is 29.7 Å². The third-order valence-corrected chi connectivity index (χ3v) is 11.5. The lowest BCUT2D eigenvalue weighted by Gasteiger charge is -2.43. The Morgan fingerprint density at radius 1 is 1.05 bits per heavy atom. The summed E-state index contributed by atoms with van der Waals surface area (Å²) in [6.07, 6.45) is 9.09. The topological polar surface area (TPSA) is 186 Å². The molecule has 0 spiro atoms. The Labute approximate surface area is 373 Å². The quantitative estimate of drug-likeness (QED) is 0.0892. The molecule has 0 atom stereocenters. The number of aromatic nitrogens is 5. The van der Waals surface area contributed by atoms with Gasteiger partial charge in [0.1, 0.15) is 39.7 Å². The Hall–Kier alpha value is -5.28. The van der Waals surface area contributed by atoms with E-state index in [2.05, 4.69) is 25.2 Å². The predicted molar refractivity (Wildman–Crippen MR) is 225 cm³/mol. The molecule has 3 aliphatic rings. The highest BCUT2D eigenvalue weighted by Gasteiger charge is 2.41. The van der Waals surface area contributed by atoms with Crippen LogP contribution in [0.3, 0.4) is 0 Å². The minimum atomic E-state index is -0.487. The first-order valence-electron chi connectivity index (χ1n) is 19.3. The number of methoxy groups -OCH3 is 2. The van der Waals surface area contributed by atoms with E-state index >= 15 is 0 Å². The monoisotopic (exact) mass is 944 g/mol. The molecule has 7 rings (SSSR count). The Morgan fingerprint density at radius 2 is 1.74 bits per heavy atom. The van der Waals surface area contributed by atoms with E-state index in [4.69, 9.17) is 42.4 Å². The number of imidazole rings is 1. The zero-order valence-electron chi connectivity index (χ0n) is 34.4. The fourth-order valence-electron chi connectivity index (χ4n) is 7.57. The van der Waals surface area contributed by atoms with Crippen molar-refractivity contribution in [2.45, 2.75) is 32.0 Å². The zero-order valence-corrected chi connectivity index (χ0v) is 37.5. The van der Waals surface area contributed by atoms with Gasteiger partial charge in [0.2, 0.25) is 18.2 Å². The number of carbonyl (C=O) groups excluding carboxylic acids is 2. The molecule has 2 fully saturated rings.